The molecule has 0 aliphatic heterocycles. The van der Waals surface area contributed by atoms with E-state index in [2.05, 4.69) is 12.2 Å². The van der Waals surface area contributed by atoms with Crippen molar-refractivity contribution >= 4 is 17.8 Å². The van der Waals surface area contributed by atoms with Gasteiger partial charge in [-0.05, 0) is 39.5 Å². The quantitative estimate of drug-likeness (QED) is 0.201. The number of ether oxygens (including phenoxy) is 2. The molecule has 182 valence electrons. The second-order valence-electron chi connectivity index (χ2n) is 8.60. The summed E-state index contributed by atoms with van der Waals surface area (Å²) in [6, 6.07) is -0.815. The Morgan fingerprint density at radius 1 is 0.710 bits per heavy atom. The lowest BCUT2D eigenvalue weighted by atomic mass is 10.1. The molecule has 0 saturated carbocycles. The van der Waals surface area contributed by atoms with E-state index < -0.39 is 12.0 Å². The van der Waals surface area contributed by atoms with Gasteiger partial charge in [-0.1, -0.05) is 72.1 Å². The Hall–Kier alpha value is -1.59. The van der Waals surface area contributed by atoms with Gasteiger partial charge in [0.05, 0.1) is 12.2 Å². The summed E-state index contributed by atoms with van der Waals surface area (Å²) < 4.78 is 10.7. The Balaban J connectivity index is 4.36. The number of carbonyl (C=O) groups excluding carboxylic acids is 3. The topological polar surface area (TPSA) is 81.7 Å². The fourth-order valence-electron chi connectivity index (χ4n) is 3.10. The van der Waals surface area contributed by atoms with Crippen LogP contribution >= 0.6 is 0 Å². The van der Waals surface area contributed by atoms with Gasteiger partial charge in [0.25, 0.3) is 0 Å². The molecule has 1 amide bonds. The number of rotatable bonds is 19. The minimum atomic E-state index is -0.815. The van der Waals surface area contributed by atoms with E-state index in [1.54, 1.807) is 0 Å². The van der Waals surface area contributed by atoms with Crippen molar-refractivity contribution in [2.24, 2.45) is 0 Å². The Bertz CT molecular complexity index is 494. The molecule has 31 heavy (non-hydrogen) atoms. The maximum atomic E-state index is 12.5. The van der Waals surface area contributed by atoms with Crippen LogP contribution in [0.25, 0.3) is 0 Å². The molecule has 0 aromatic heterocycles. The van der Waals surface area contributed by atoms with Gasteiger partial charge in [-0.2, -0.15) is 0 Å². The molecule has 0 heterocycles. The smallest absolute Gasteiger partial charge is 0.328 e. The van der Waals surface area contributed by atoms with Gasteiger partial charge in [0, 0.05) is 12.8 Å². The van der Waals surface area contributed by atoms with Gasteiger partial charge in [-0.3, -0.25) is 9.59 Å². The largest absolute Gasteiger partial charge is 0.463 e. The van der Waals surface area contributed by atoms with Crippen molar-refractivity contribution in [3.8, 4) is 0 Å². The average molecular weight is 442 g/mol. The van der Waals surface area contributed by atoms with Crippen molar-refractivity contribution < 1.29 is 23.9 Å². The molecule has 0 bridgehead atoms. The van der Waals surface area contributed by atoms with E-state index in [4.69, 9.17) is 9.47 Å². The first-order chi connectivity index (χ1) is 14.8. The average Bonchev–Trinajstić information content (AvgIpc) is 2.74. The maximum absolute atomic E-state index is 12.5. The van der Waals surface area contributed by atoms with Gasteiger partial charge in [-0.15, -0.1) is 0 Å². The molecule has 3 atom stereocenters. The minimum Gasteiger partial charge on any atom is -0.463 e. The number of hydrogen-bond acceptors (Lipinski definition) is 5. The van der Waals surface area contributed by atoms with Crippen LogP contribution in [0.4, 0.5) is 0 Å². The van der Waals surface area contributed by atoms with Crippen LogP contribution in [-0.4, -0.2) is 36.1 Å². The summed E-state index contributed by atoms with van der Waals surface area (Å²) in [6.07, 6.45) is 12.3. The van der Waals surface area contributed by atoms with Crippen molar-refractivity contribution in [1.29, 1.82) is 0 Å². The molecule has 6 nitrogen and oxygen atoms in total. The Morgan fingerprint density at radius 2 is 1.23 bits per heavy atom. The first-order valence-corrected chi connectivity index (χ1v) is 12.5. The highest BCUT2D eigenvalue weighted by Crippen LogP contribution is 2.12. The fraction of sp³-hybridized carbons (Fsp3) is 0.880. The highest BCUT2D eigenvalue weighted by atomic mass is 16.5. The number of hydrogen-bond donors (Lipinski definition) is 1. The fourth-order valence-corrected chi connectivity index (χ4v) is 3.10. The molecule has 1 N–H and O–H groups in total. The van der Waals surface area contributed by atoms with Crippen LogP contribution in [-0.2, 0) is 23.9 Å². The third-order valence-electron chi connectivity index (χ3n) is 5.56. The molecule has 0 radical (unpaired) electrons. The lowest BCUT2D eigenvalue weighted by Crippen LogP contribution is -2.43. The maximum Gasteiger partial charge on any atom is 0.328 e. The van der Waals surface area contributed by atoms with E-state index in [0.29, 0.717) is 12.8 Å². The highest BCUT2D eigenvalue weighted by Gasteiger charge is 2.25. The zero-order valence-corrected chi connectivity index (χ0v) is 20.7. The molecular weight excluding hydrogens is 394 g/mol. The van der Waals surface area contributed by atoms with Crippen LogP contribution in [0, 0.1) is 0 Å². The van der Waals surface area contributed by atoms with Gasteiger partial charge < -0.3 is 14.8 Å². The SMILES string of the molecule is CCCCCCCCCCCC(=O)N[C@@H](CCC(=O)OC(C)CC)C(=O)OC(C)CC. The number of esters is 2. The third kappa shape index (κ3) is 16.7. The van der Waals surface area contributed by atoms with Gasteiger partial charge in [-0.25, -0.2) is 4.79 Å². The van der Waals surface area contributed by atoms with Crippen LogP contribution in [0.5, 0.6) is 0 Å². The molecule has 0 aromatic carbocycles. The summed E-state index contributed by atoms with van der Waals surface area (Å²) in [7, 11) is 0. The lowest BCUT2D eigenvalue weighted by Gasteiger charge is -2.20. The second-order valence-corrected chi connectivity index (χ2v) is 8.60. The standard InChI is InChI=1S/C25H47NO5/c1-6-9-10-11-12-13-14-15-16-17-23(27)26-22(25(29)31-21(5)8-3)18-19-24(28)30-20(4)7-2/h20-22H,6-19H2,1-5H3,(H,26,27)/t20?,21?,22-/m0/s1. The first kappa shape index (κ1) is 29.4. The van der Waals surface area contributed by atoms with E-state index in [9.17, 15) is 14.4 Å². The lowest BCUT2D eigenvalue weighted by molar-refractivity contribution is -0.153. The molecular formula is C25H47NO5. The van der Waals surface area contributed by atoms with Crippen molar-refractivity contribution in [1.82, 2.24) is 5.32 Å². The van der Waals surface area contributed by atoms with Gasteiger partial charge in [0.1, 0.15) is 6.04 Å². The summed E-state index contributed by atoms with van der Waals surface area (Å²) >= 11 is 0. The predicted molar refractivity (Wildman–Crippen MR) is 125 cm³/mol. The van der Waals surface area contributed by atoms with Crippen molar-refractivity contribution in [3.05, 3.63) is 0 Å². The van der Waals surface area contributed by atoms with Crippen molar-refractivity contribution in [2.45, 2.75) is 143 Å². The van der Waals surface area contributed by atoms with E-state index in [1.165, 1.54) is 38.5 Å². The first-order valence-electron chi connectivity index (χ1n) is 12.5. The number of amides is 1. The normalized spacial score (nSPS) is 13.8. The van der Waals surface area contributed by atoms with Crippen LogP contribution < -0.4 is 5.32 Å². The number of carbonyl (C=O) groups is 3. The second kappa shape index (κ2) is 19.1. The molecule has 6 heteroatoms. The van der Waals surface area contributed by atoms with E-state index >= 15 is 0 Å². The van der Waals surface area contributed by atoms with E-state index in [0.717, 1.165) is 25.7 Å². The summed E-state index contributed by atoms with van der Waals surface area (Å²) in [5.41, 5.74) is 0. The minimum absolute atomic E-state index is 0.0723. The highest BCUT2D eigenvalue weighted by molar-refractivity contribution is 5.85. The zero-order valence-electron chi connectivity index (χ0n) is 20.7. The monoisotopic (exact) mass is 441 g/mol. The number of unbranched alkanes of at least 4 members (excludes halogenated alkanes) is 8. The zero-order chi connectivity index (χ0) is 23.5. The van der Waals surface area contributed by atoms with Crippen molar-refractivity contribution in [3.63, 3.8) is 0 Å². The molecule has 0 saturated heterocycles. The van der Waals surface area contributed by atoms with E-state index in [-0.39, 0.29) is 36.9 Å². The summed E-state index contributed by atoms with van der Waals surface area (Å²) in [5, 5.41) is 2.77. The van der Waals surface area contributed by atoms with Gasteiger partial charge in [0.15, 0.2) is 0 Å². The number of nitrogens with one attached hydrogen (secondary N) is 1. The summed E-state index contributed by atoms with van der Waals surface area (Å²) in [5.74, 6) is -1.00. The predicted octanol–water partition coefficient (Wildman–Crippen LogP) is 5.86. The Labute approximate surface area is 190 Å². The summed E-state index contributed by atoms with van der Waals surface area (Å²) in [4.78, 5) is 36.8. The van der Waals surface area contributed by atoms with Crippen LogP contribution in [0.15, 0.2) is 0 Å². The Kier molecular flexibility index (Phi) is 18.1. The van der Waals surface area contributed by atoms with Gasteiger partial charge in [0.2, 0.25) is 5.91 Å². The van der Waals surface area contributed by atoms with Crippen LogP contribution in [0.2, 0.25) is 0 Å². The van der Waals surface area contributed by atoms with Gasteiger partial charge >= 0.3 is 11.9 Å². The molecule has 0 aliphatic rings. The van der Waals surface area contributed by atoms with E-state index in [1.807, 2.05) is 27.7 Å². The van der Waals surface area contributed by atoms with Crippen LogP contribution in [0.3, 0.4) is 0 Å². The molecule has 0 aromatic rings. The molecule has 0 fully saturated rings. The molecule has 0 aliphatic carbocycles. The third-order valence-corrected chi connectivity index (χ3v) is 5.56. The van der Waals surface area contributed by atoms with Crippen molar-refractivity contribution in [2.75, 3.05) is 0 Å². The van der Waals surface area contributed by atoms with Crippen LogP contribution in [0.1, 0.15) is 125 Å². The Morgan fingerprint density at radius 3 is 1.77 bits per heavy atom. The summed E-state index contributed by atoms with van der Waals surface area (Å²) in [6.45, 7) is 9.74. The molecule has 0 rings (SSSR count). The molecule has 2 unspecified atom stereocenters. The molecule has 0 spiro atoms.